The van der Waals surface area contributed by atoms with E-state index < -0.39 is 6.10 Å². The van der Waals surface area contributed by atoms with E-state index in [2.05, 4.69) is 4.98 Å². The minimum atomic E-state index is -0.727. The SMILES string of the molecule is COc1ncc(Cl)c(C(C)O)c1OC. The zero-order valence-electron chi connectivity index (χ0n) is 8.24. The molecule has 0 aliphatic carbocycles. The Labute approximate surface area is 87.4 Å². The van der Waals surface area contributed by atoms with Crippen LogP contribution in [0.2, 0.25) is 5.02 Å². The summed E-state index contributed by atoms with van der Waals surface area (Å²) in [6.07, 6.45) is 0.694. The zero-order valence-corrected chi connectivity index (χ0v) is 9.00. The van der Waals surface area contributed by atoms with Crippen molar-refractivity contribution in [2.24, 2.45) is 0 Å². The van der Waals surface area contributed by atoms with Gasteiger partial charge >= 0.3 is 0 Å². The Morgan fingerprint density at radius 3 is 2.50 bits per heavy atom. The van der Waals surface area contributed by atoms with Crippen LogP contribution in [0.5, 0.6) is 11.6 Å². The first kappa shape index (κ1) is 11.1. The zero-order chi connectivity index (χ0) is 10.7. The van der Waals surface area contributed by atoms with Crippen LogP contribution in [-0.4, -0.2) is 24.3 Å². The van der Waals surface area contributed by atoms with Crippen molar-refractivity contribution >= 4 is 11.6 Å². The Balaban J connectivity index is 3.35. The predicted molar refractivity (Wildman–Crippen MR) is 53.0 cm³/mol. The lowest BCUT2D eigenvalue weighted by atomic mass is 10.1. The smallest absolute Gasteiger partial charge is 0.257 e. The average molecular weight is 218 g/mol. The number of pyridine rings is 1. The van der Waals surface area contributed by atoms with Crippen LogP contribution in [0.25, 0.3) is 0 Å². The molecule has 0 aliphatic rings. The van der Waals surface area contributed by atoms with E-state index in [-0.39, 0.29) is 0 Å². The van der Waals surface area contributed by atoms with Crippen LogP contribution in [0.15, 0.2) is 6.20 Å². The third kappa shape index (κ3) is 1.91. The van der Waals surface area contributed by atoms with Crippen molar-refractivity contribution in [3.63, 3.8) is 0 Å². The molecule has 78 valence electrons. The van der Waals surface area contributed by atoms with E-state index in [1.54, 1.807) is 6.92 Å². The molecule has 0 aromatic carbocycles. The fourth-order valence-corrected chi connectivity index (χ4v) is 1.49. The topological polar surface area (TPSA) is 51.6 Å². The molecule has 1 aromatic heterocycles. The summed E-state index contributed by atoms with van der Waals surface area (Å²) < 4.78 is 10.1. The Hall–Kier alpha value is -1.00. The number of rotatable bonds is 3. The van der Waals surface area contributed by atoms with Crippen LogP contribution >= 0.6 is 11.6 Å². The highest BCUT2D eigenvalue weighted by atomic mass is 35.5. The minimum Gasteiger partial charge on any atom is -0.491 e. The second kappa shape index (κ2) is 4.48. The molecule has 0 aliphatic heterocycles. The van der Waals surface area contributed by atoms with Gasteiger partial charge in [-0.2, -0.15) is 0 Å². The third-order valence-corrected chi connectivity index (χ3v) is 2.11. The van der Waals surface area contributed by atoms with Gasteiger partial charge in [0, 0.05) is 5.56 Å². The highest BCUT2D eigenvalue weighted by Crippen LogP contribution is 2.37. The quantitative estimate of drug-likeness (QED) is 0.839. The number of aromatic nitrogens is 1. The van der Waals surface area contributed by atoms with Crippen molar-refractivity contribution in [1.29, 1.82) is 0 Å². The van der Waals surface area contributed by atoms with Crippen molar-refractivity contribution in [2.75, 3.05) is 14.2 Å². The lowest BCUT2D eigenvalue weighted by Gasteiger charge is -2.14. The summed E-state index contributed by atoms with van der Waals surface area (Å²) >= 11 is 5.87. The molecule has 0 amide bonds. The van der Waals surface area contributed by atoms with Gasteiger partial charge in [0.05, 0.1) is 31.5 Å². The van der Waals surface area contributed by atoms with Crippen LogP contribution in [0.4, 0.5) is 0 Å². The van der Waals surface area contributed by atoms with E-state index in [0.717, 1.165) is 0 Å². The third-order valence-electron chi connectivity index (χ3n) is 1.81. The predicted octanol–water partition coefficient (Wildman–Crippen LogP) is 1.81. The van der Waals surface area contributed by atoms with Crippen LogP contribution in [-0.2, 0) is 0 Å². The van der Waals surface area contributed by atoms with Gasteiger partial charge < -0.3 is 14.6 Å². The maximum Gasteiger partial charge on any atom is 0.257 e. The summed E-state index contributed by atoms with van der Waals surface area (Å²) in [4.78, 5) is 3.92. The van der Waals surface area contributed by atoms with Crippen LogP contribution in [0, 0.1) is 0 Å². The Bertz CT molecular complexity index is 328. The largest absolute Gasteiger partial charge is 0.491 e. The molecule has 0 radical (unpaired) electrons. The molecule has 4 nitrogen and oxygen atoms in total. The van der Waals surface area contributed by atoms with Crippen LogP contribution in [0.1, 0.15) is 18.6 Å². The Morgan fingerprint density at radius 1 is 1.43 bits per heavy atom. The van der Waals surface area contributed by atoms with E-state index in [0.29, 0.717) is 22.2 Å². The lowest BCUT2D eigenvalue weighted by Crippen LogP contribution is -2.02. The fraction of sp³-hybridized carbons (Fsp3) is 0.444. The fourth-order valence-electron chi connectivity index (χ4n) is 1.20. The number of nitrogens with zero attached hydrogens (tertiary/aromatic N) is 1. The number of aliphatic hydroxyl groups excluding tert-OH is 1. The summed E-state index contributed by atoms with van der Waals surface area (Å²) in [5, 5.41) is 9.85. The molecule has 0 fully saturated rings. The first-order valence-corrected chi connectivity index (χ1v) is 4.44. The van der Waals surface area contributed by atoms with E-state index in [9.17, 15) is 5.11 Å². The molecule has 1 atom stereocenters. The second-order valence-electron chi connectivity index (χ2n) is 2.74. The van der Waals surface area contributed by atoms with Gasteiger partial charge in [0.25, 0.3) is 5.88 Å². The van der Waals surface area contributed by atoms with E-state index in [4.69, 9.17) is 21.1 Å². The van der Waals surface area contributed by atoms with Gasteiger partial charge in [-0.3, -0.25) is 0 Å². The standard InChI is InChI=1S/C9H12ClNO3/c1-5(12)7-6(10)4-11-9(14-3)8(7)13-2/h4-5,12H,1-3H3. The highest BCUT2D eigenvalue weighted by molar-refractivity contribution is 6.31. The maximum atomic E-state index is 9.49. The molecule has 0 bridgehead atoms. The van der Waals surface area contributed by atoms with E-state index in [1.165, 1.54) is 20.4 Å². The Kier molecular flexibility index (Phi) is 3.55. The Morgan fingerprint density at radius 2 is 2.07 bits per heavy atom. The molecule has 5 heteroatoms. The first-order chi connectivity index (χ1) is 6.61. The van der Waals surface area contributed by atoms with Gasteiger partial charge in [-0.25, -0.2) is 4.98 Å². The molecule has 1 unspecified atom stereocenters. The number of methoxy groups -OCH3 is 2. The second-order valence-corrected chi connectivity index (χ2v) is 3.15. The summed E-state index contributed by atoms with van der Waals surface area (Å²) in [6, 6.07) is 0. The van der Waals surface area contributed by atoms with Crippen molar-refractivity contribution in [3.05, 3.63) is 16.8 Å². The van der Waals surface area contributed by atoms with Gasteiger partial charge in [-0.1, -0.05) is 11.6 Å². The van der Waals surface area contributed by atoms with Gasteiger partial charge in [0.1, 0.15) is 0 Å². The first-order valence-electron chi connectivity index (χ1n) is 4.06. The lowest BCUT2D eigenvalue weighted by molar-refractivity contribution is 0.192. The molecule has 0 spiro atoms. The number of ether oxygens (including phenoxy) is 2. The van der Waals surface area contributed by atoms with E-state index in [1.807, 2.05) is 0 Å². The summed E-state index contributed by atoms with van der Waals surface area (Å²) in [7, 11) is 2.95. The molecule has 0 saturated carbocycles. The average Bonchev–Trinajstić information content (AvgIpc) is 2.16. The molecule has 1 rings (SSSR count). The molecular formula is C9H12ClNO3. The monoisotopic (exact) mass is 217 g/mol. The molecule has 1 heterocycles. The number of halogens is 1. The number of hydrogen-bond donors (Lipinski definition) is 1. The van der Waals surface area contributed by atoms with E-state index >= 15 is 0 Å². The molecule has 1 aromatic rings. The van der Waals surface area contributed by atoms with Crippen molar-refractivity contribution < 1.29 is 14.6 Å². The number of aliphatic hydroxyl groups is 1. The van der Waals surface area contributed by atoms with Gasteiger partial charge in [-0.05, 0) is 6.92 Å². The summed E-state index contributed by atoms with van der Waals surface area (Å²) in [5.41, 5.74) is 0.487. The van der Waals surface area contributed by atoms with Gasteiger partial charge in [0.15, 0.2) is 5.75 Å². The van der Waals surface area contributed by atoms with Crippen molar-refractivity contribution in [3.8, 4) is 11.6 Å². The highest BCUT2D eigenvalue weighted by Gasteiger charge is 2.18. The molecule has 1 N–H and O–H groups in total. The van der Waals surface area contributed by atoms with Gasteiger partial charge in [-0.15, -0.1) is 0 Å². The molecular weight excluding hydrogens is 206 g/mol. The van der Waals surface area contributed by atoms with Crippen LogP contribution in [0.3, 0.4) is 0 Å². The maximum absolute atomic E-state index is 9.49. The minimum absolute atomic E-state index is 0.313. The molecule has 0 saturated heterocycles. The van der Waals surface area contributed by atoms with Crippen molar-refractivity contribution in [2.45, 2.75) is 13.0 Å². The van der Waals surface area contributed by atoms with Gasteiger partial charge in [0.2, 0.25) is 0 Å². The van der Waals surface area contributed by atoms with Crippen LogP contribution < -0.4 is 9.47 Å². The normalized spacial score (nSPS) is 12.4. The molecule has 14 heavy (non-hydrogen) atoms. The summed E-state index contributed by atoms with van der Waals surface area (Å²) in [5.74, 6) is 0.683. The van der Waals surface area contributed by atoms with Crippen molar-refractivity contribution in [1.82, 2.24) is 4.98 Å². The number of hydrogen-bond acceptors (Lipinski definition) is 4. The summed E-state index contributed by atoms with van der Waals surface area (Å²) in [6.45, 7) is 1.60.